The van der Waals surface area contributed by atoms with Gasteiger partial charge in [0.25, 0.3) is 0 Å². The zero-order valence-corrected chi connectivity index (χ0v) is 18.3. The van der Waals surface area contributed by atoms with Crippen LogP contribution in [0, 0.1) is 0 Å². The summed E-state index contributed by atoms with van der Waals surface area (Å²) in [6.07, 6.45) is 3.36. The number of rotatable bonds is 6. The third-order valence-electron chi connectivity index (χ3n) is 5.08. The number of piperidine rings is 1. The third kappa shape index (κ3) is 4.63. The molecule has 1 aliphatic rings. The summed E-state index contributed by atoms with van der Waals surface area (Å²) in [5, 5.41) is 10.1. The minimum absolute atomic E-state index is 0.147. The molecular weight excluding hydrogens is 420 g/mol. The van der Waals surface area contributed by atoms with Crippen LogP contribution in [0.25, 0.3) is 17.1 Å². The fourth-order valence-corrected chi connectivity index (χ4v) is 4.48. The van der Waals surface area contributed by atoms with Crippen LogP contribution in [0.2, 0.25) is 5.02 Å². The molecule has 0 N–H and O–H groups in total. The Morgan fingerprint density at radius 3 is 2.60 bits per heavy atom. The lowest BCUT2D eigenvalue weighted by Crippen LogP contribution is -2.36. The molecule has 2 heterocycles. The number of benzene rings is 2. The maximum Gasteiger partial charge on any atom is 0.233 e. The first-order chi connectivity index (χ1) is 14.7. The van der Waals surface area contributed by atoms with Gasteiger partial charge in [0.2, 0.25) is 5.91 Å². The molecule has 1 aromatic heterocycles. The highest BCUT2D eigenvalue weighted by atomic mass is 35.5. The van der Waals surface area contributed by atoms with Crippen LogP contribution in [-0.4, -0.2) is 51.5 Å². The zero-order chi connectivity index (χ0) is 20.9. The van der Waals surface area contributed by atoms with E-state index < -0.39 is 0 Å². The largest absolute Gasteiger partial charge is 0.497 e. The van der Waals surface area contributed by atoms with Gasteiger partial charge in [0.1, 0.15) is 5.75 Å². The van der Waals surface area contributed by atoms with Gasteiger partial charge >= 0.3 is 0 Å². The average molecular weight is 443 g/mol. The van der Waals surface area contributed by atoms with Crippen molar-refractivity contribution in [3.63, 3.8) is 0 Å². The monoisotopic (exact) mass is 442 g/mol. The number of hydrogen-bond donors (Lipinski definition) is 0. The molecule has 6 nitrogen and oxygen atoms in total. The summed E-state index contributed by atoms with van der Waals surface area (Å²) in [6.45, 7) is 1.69. The summed E-state index contributed by atoms with van der Waals surface area (Å²) in [4.78, 5) is 14.6. The topological polar surface area (TPSA) is 60.3 Å². The Hall–Kier alpha value is -2.51. The van der Waals surface area contributed by atoms with Gasteiger partial charge in [-0.3, -0.25) is 9.36 Å². The number of thioether (sulfide) groups is 1. The Morgan fingerprint density at radius 2 is 1.87 bits per heavy atom. The predicted molar refractivity (Wildman–Crippen MR) is 120 cm³/mol. The molecule has 0 atom stereocenters. The summed E-state index contributed by atoms with van der Waals surface area (Å²) in [7, 11) is 1.64. The summed E-state index contributed by atoms with van der Waals surface area (Å²) in [5.74, 6) is 1.91. The van der Waals surface area contributed by atoms with E-state index >= 15 is 0 Å². The van der Waals surface area contributed by atoms with Crippen molar-refractivity contribution >= 4 is 29.3 Å². The molecule has 8 heteroatoms. The fraction of sp³-hybridized carbons (Fsp3) is 0.318. The molecule has 156 valence electrons. The van der Waals surface area contributed by atoms with Gasteiger partial charge in [0, 0.05) is 29.4 Å². The van der Waals surface area contributed by atoms with E-state index in [1.807, 2.05) is 58.0 Å². The van der Waals surface area contributed by atoms with E-state index in [4.69, 9.17) is 16.3 Å². The third-order valence-corrected chi connectivity index (χ3v) is 6.25. The molecule has 0 spiro atoms. The highest BCUT2D eigenvalue weighted by molar-refractivity contribution is 7.99. The molecule has 1 amide bonds. The van der Waals surface area contributed by atoms with Gasteiger partial charge in [-0.25, -0.2) is 0 Å². The van der Waals surface area contributed by atoms with Gasteiger partial charge < -0.3 is 9.64 Å². The molecule has 0 radical (unpaired) electrons. The summed E-state index contributed by atoms with van der Waals surface area (Å²) >= 11 is 7.49. The zero-order valence-electron chi connectivity index (χ0n) is 16.8. The second-order valence-electron chi connectivity index (χ2n) is 7.08. The van der Waals surface area contributed by atoms with E-state index in [9.17, 15) is 4.79 Å². The maximum atomic E-state index is 12.6. The second kappa shape index (κ2) is 9.53. The van der Waals surface area contributed by atoms with Crippen molar-refractivity contribution in [2.45, 2.75) is 24.4 Å². The summed E-state index contributed by atoms with van der Waals surface area (Å²) in [6, 6.07) is 15.2. The number of ether oxygens (including phenoxy) is 1. The summed E-state index contributed by atoms with van der Waals surface area (Å²) < 4.78 is 7.32. The molecule has 2 aromatic carbocycles. The molecular formula is C22H23ClN4O2S. The lowest BCUT2D eigenvalue weighted by atomic mass is 10.1. The fourth-order valence-electron chi connectivity index (χ4n) is 3.50. The number of hydrogen-bond acceptors (Lipinski definition) is 5. The van der Waals surface area contributed by atoms with E-state index in [0.717, 1.165) is 42.9 Å². The van der Waals surface area contributed by atoms with Crippen LogP contribution in [0.4, 0.5) is 0 Å². The first kappa shape index (κ1) is 20.8. The van der Waals surface area contributed by atoms with Gasteiger partial charge in [-0.2, -0.15) is 0 Å². The lowest BCUT2D eigenvalue weighted by molar-refractivity contribution is -0.129. The SMILES string of the molecule is COc1cccc(-c2nnc(SCC(=O)N3CCCCC3)n2-c2ccc(Cl)cc2)c1. The van der Waals surface area contributed by atoms with Crippen molar-refractivity contribution in [1.29, 1.82) is 0 Å². The average Bonchev–Trinajstić information content (AvgIpc) is 3.22. The first-order valence-electron chi connectivity index (χ1n) is 9.92. The van der Waals surface area contributed by atoms with Crippen molar-refractivity contribution < 1.29 is 9.53 Å². The Bertz CT molecular complexity index is 1020. The number of methoxy groups -OCH3 is 1. The van der Waals surface area contributed by atoms with Crippen LogP contribution >= 0.6 is 23.4 Å². The molecule has 0 saturated carbocycles. The highest BCUT2D eigenvalue weighted by Gasteiger charge is 2.21. The lowest BCUT2D eigenvalue weighted by Gasteiger charge is -2.26. The number of aromatic nitrogens is 3. The molecule has 30 heavy (non-hydrogen) atoms. The Balaban J connectivity index is 1.65. The van der Waals surface area contributed by atoms with Crippen LogP contribution in [-0.2, 0) is 4.79 Å². The second-order valence-corrected chi connectivity index (χ2v) is 8.46. The number of amides is 1. The molecule has 0 bridgehead atoms. The Labute approximate surface area is 185 Å². The molecule has 4 rings (SSSR count). The predicted octanol–water partition coefficient (Wildman–Crippen LogP) is 4.70. The van der Waals surface area contributed by atoms with E-state index in [2.05, 4.69) is 10.2 Å². The van der Waals surface area contributed by atoms with E-state index in [1.165, 1.54) is 18.2 Å². The van der Waals surface area contributed by atoms with Gasteiger partial charge in [0.05, 0.1) is 12.9 Å². The van der Waals surface area contributed by atoms with E-state index in [0.29, 0.717) is 21.8 Å². The smallest absolute Gasteiger partial charge is 0.233 e. The Kier molecular flexibility index (Phi) is 6.59. The molecule has 1 aliphatic heterocycles. The van der Waals surface area contributed by atoms with Crippen LogP contribution in [0.1, 0.15) is 19.3 Å². The molecule has 0 unspecified atom stereocenters. The van der Waals surface area contributed by atoms with Crippen LogP contribution in [0.5, 0.6) is 5.75 Å². The van der Waals surface area contributed by atoms with Crippen molar-refractivity contribution in [2.24, 2.45) is 0 Å². The van der Waals surface area contributed by atoms with Crippen LogP contribution in [0.15, 0.2) is 53.7 Å². The highest BCUT2D eigenvalue weighted by Crippen LogP contribution is 2.30. The number of carbonyl (C=O) groups excluding carboxylic acids is 1. The number of carbonyl (C=O) groups is 1. The molecule has 1 fully saturated rings. The minimum atomic E-state index is 0.147. The van der Waals surface area contributed by atoms with Crippen molar-refractivity contribution in [1.82, 2.24) is 19.7 Å². The van der Waals surface area contributed by atoms with Crippen molar-refractivity contribution in [3.8, 4) is 22.8 Å². The molecule has 3 aromatic rings. The minimum Gasteiger partial charge on any atom is -0.497 e. The maximum absolute atomic E-state index is 12.6. The van der Waals surface area contributed by atoms with Gasteiger partial charge in [0.15, 0.2) is 11.0 Å². The standard InChI is InChI=1S/C22H23ClN4O2S/c1-29-19-7-5-6-16(14-19)21-24-25-22(27(21)18-10-8-17(23)9-11-18)30-15-20(28)26-12-3-2-4-13-26/h5-11,14H,2-4,12-13,15H2,1H3. The van der Waals surface area contributed by atoms with E-state index in [1.54, 1.807) is 7.11 Å². The molecule has 0 aliphatic carbocycles. The van der Waals surface area contributed by atoms with Crippen molar-refractivity contribution in [3.05, 3.63) is 53.6 Å². The van der Waals surface area contributed by atoms with Crippen LogP contribution < -0.4 is 4.74 Å². The summed E-state index contributed by atoms with van der Waals surface area (Å²) in [5.41, 5.74) is 1.76. The van der Waals surface area contributed by atoms with Gasteiger partial charge in [-0.05, 0) is 55.7 Å². The number of halogens is 1. The van der Waals surface area contributed by atoms with E-state index in [-0.39, 0.29) is 5.91 Å². The number of likely N-dealkylation sites (tertiary alicyclic amines) is 1. The number of nitrogens with zero attached hydrogens (tertiary/aromatic N) is 4. The van der Waals surface area contributed by atoms with Crippen LogP contribution in [0.3, 0.4) is 0 Å². The quantitative estimate of drug-likeness (QED) is 0.518. The Morgan fingerprint density at radius 1 is 1.10 bits per heavy atom. The van der Waals surface area contributed by atoms with Crippen molar-refractivity contribution in [2.75, 3.05) is 26.0 Å². The molecule has 1 saturated heterocycles. The normalized spacial score (nSPS) is 14.0. The van der Waals surface area contributed by atoms with Gasteiger partial charge in [-0.15, -0.1) is 10.2 Å². The van der Waals surface area contributed by atoms with Gasteiger partial charge in [-0.1, -0.05) is 35.5 Å². The first-order valence-corrected chi connectivity index (χ1v) is 11.3.